The molecule has 4 nitrogen and oxygen atoms in total. The number of benzene rings is 1. The summed E-state index contributed by atoms with van der Waals surface area (Å²) in [5.74, 6) is 0.235. The van der Waals surface area contributed by atoms with Gasteiger partial charge in [-0.05, 0) is 48.2 Å². The number of halogens is 1. The molecule has 0 spiro atoms. The number of carbonyl (C=O) groups is 1. The third-order valence-electron chi connectivity index (χ3n) is 3.56. The minimum atomic E-state index is -0.379. The number of hydrogen-bond acceptors (Lipinski definition) is 4. The second-order valence-electron chi connectivity index (χ2n) is 5.13. The summed E-state index contributed by atoms with van der Waals surface area (Å²) in [5, 5.41) is 0.535. The molecular weight excluding hydrogens is 302 g/mol. The van der Waals surface area contributed by atoms with Crippen LogP contribution in [-0.4, -0.2) is 24.2 Å². The molecule has 22 heavy (non-hydrogen) atoms. The van der Waals surface area contributed by atoms with Gasteiger partial charge in [-0.1, -0.05) is 11.6 Å². The van der Waals surface area contributed by atoms with E-state index in [0.717, 1.165) is 24.8 Å². The van der Waals surface area contributed by atoms with E-state index in [1.807, 2.05) is 18.2 Å². The Morgan fingerprint density at radius 2 is 2.14 bits per heavy atom. The van der Waals surface area contributed by atoms with Crippen LogP contribution in [-0.2, 0) is 17.6 Å². The molecule has 1 aromatic heterocycles. The van der Waals surface area contributed by atoms with Gasteiger partial charge in [0.05, 0.1) is 13.2 Å². The van der Waals surface area contributed by atoms with Gasteiger partial charge in [0.2, 0.25) is 0 Å². The van der Waals surface area contributed by atoms with Crippen molar-refractivity contribution < 1.29 is 14.3 Å². The van der Waals surface area contributed by atoms with Crippen molar-refractivity contribution >= 4 is 17.6 Å². The number of carbonyl (C=O) groups excluding carboxylic acids is 1. The summed E-state index contributed by atoms with van der Waals surface area (Å²) in [7, 11) is 0. The fourth-order valence-electron chi connectivity index (χ4n) is 2.49. The summed E-state index contributed by atoms with van der Waals surface area (Å²) in [6, 6.07) is 7.36. The largest absolute Gasteiger partial charge is 0.492 e. The summed E-state index contributed by atoms with van der Waals surface area (Å²) in [5.41, 5.74) is 2.57. The van der Waals surface area contributed by atoms with Gasteiger partial charge in [0.1, 0.15) is 11.3 Å². The molecule has 0 aliphatic carbocycles. The lowest BCUT2D eigenvalue weighted by Gasteiger charge is -2.09. The molecule has 0 N–H and O–H groups in total. The Hall–Kier alpha value is -2.07. The van der Waals surface area contributed by atoms with Gasteiger partial charge in [-0.15, -0.1) is 0 Å². The molecule has 0 bridgehead atoms. The van der Waals surface area contributed by atoms with Gasteiger partial charge < -0.3 is 9.47 Å². The van der Waals surface area contributed by atoms with Crippen LogP contribution in [0.25, 0.3) is 0 Å². The molecule has 0 saturated heterocycles. The maximum Gasteiger partial charge on any atom is 0.341 e. The SMILES string of the molecule is O=C(OCCCc1ccncc1)c1cc(Cl)cc2c1OCC2. The van der Waals surface area contributed by atoms with E-state index in [1.54, 1.807) is 18.5 Å². The van der Waals surface area contributed by atoms with E-state index < -0.39 is 0 Å². The zero-order valence-corrected chi connectivity index (χ0v) is 12.8. The monoisotopic (exact) mass is 317 g/mol. The van der Waals surface area contributed by atoms with Gasteiger partial charge >= 0.3 is 5.97 Å². The summed E-state index contributed by atoms with van der Waals surface area (Å²) in [6.07, 6.45) is 5.90. The highest BCUT2D eigenvalue weighted by molar-refractivity contribution is 6.31. The minimum Gasteiger partial charge on any atom is -0.492 e. The Balaban J connectivity index is 1.57. The number of nitrogens with zero attached hydrogens (tertiary/aromatic N) is 1. The molecule has 1 aliphatic rings. The lowest BCUT2D eigenvalue weighted by molar-refractivity contribution is 0.0497. The van der Waals surface area contributed by atoms with Crippen LogP contribution >= 0.6 is 11.6 Å². The van der Waals surface area contributed by atoms with Crippen molar-refractivity contribution in [3.63, 3.8) is 0 Å². The van der Waals surface area contributed by atoms with Crippen molar-refractivity contribution in [3.8, 4) is 5.75 Å². The maximum absolute atomic E-state index is 12.2. The van der Waals surface area contributed by atoms with Crippen LogP contribution in [0.3, 0.4) is 0 Å². The zero-order valence-electron chi connectivity index (χ0n) is 12.0. The molecule has 5 heteroatoms. The van der Waals surface area contributed by atoms with E-state index in [1.165, 1.54) is 5.56 Å². The Bertz CT molecular complexity index is 673. The Labute approximate surface area is 134 Å². The highest BCUT2D eigenvalue weighted by Gasteiger charge is 2.22. The Morgan fingerprint density at radius 1 is 1.32 bits per heavy atom. The number of rotatable bonds is 5. The zero-order chi connectivity index (χ0) is 15.4. The molecule has 0 saturated carbocycles. The van der Waals surface area contributed by atoms with Crippen LogP contribution in [0.15, 0.2) is 36.7 Å². The first-order valence-corrected chi connectivity index (χ1v) is 7.63. The highest BCUT2D eigenvalue weighted by Crippen LogP contribution is 2.33. The molecule has 0 amide bonds. The normalized spacial score (nSPS) is 12.6. The van der Waals surface area contributed by atoms with Crippen LogP contribution in [0, 0.1) is 0 Å². The van der Waals surface area contributed by atoms with Gasteiger partial charge in [0, 0.05) is 23.8 Å². The lowest BCUT2D eigenvalue weighted by atomic mass is 10.1. The van der Waals surface area contributed by atoms with E-state index in [-0.39, 0.29) is 5.97 Å². The van der Waals surface area contributed by atoms with Crippen molar-refractivity contribution in [1.82, 2.24) is 4.98 Å². The average Bonchev–Trinajstić information content (AvgIpc) is 2.99. The minimum absolute atomic E-state index is 0.364. The summed E-state index contributed by atoms with van der Waals surface area (Å²) >= 11 is 6.04. The van der Waals surface area contributed by atoms with Crippen LogP contribution in [0.5, 0.6) is 5.75 Å². The molecular formula is C17H16ClNO3. The molecule has 2 heterocycles. The second-order valence-corrected chi connectivity index (χ2v) is 5.57. The predicted molar refractivity (Wildman–Crippen MR) is 83.5 cm³/mol. The van der Waals surface area contributed by atoms with Crippen molar-refractivity contribution in [3.05, 3.63) is 58.4 Å². The first-order valence-electron chi connectivity index (χ1n) is 7.25. The third kappa shape index (κ3) is 3.39. The van der Waals surface area contributed by atoms with E-state index in [4.69, 9.17) is 21.1 Å². The van der Waals surface area contributed by atoms with E-state index in [9.17, 15) is 4.79 Å². The van der Waals surface area contributed by atoms with Crippen molar-refractivity contribution in [2.75, 3.05) is 13.2 Å². The molecule has 0 fully saturated rings. The Morgan fingerprint density at radius 3 is 2.95 bits per heavy atom. The number of ether oxygens (including phenoxy) is 2. The van der Waals surface area contributed by atoms with Crippen molar-refractivity contribution in [1.29, 1.82) is 0 Å². The third-order valence-corrected chi connectivity index (χ3v) is 3.78. The highest BCUT2D eigenvalue weighted by atomic mass is 35.5. The molecule has 3 rings (SSSR count). The number of fused-ring (bicyclic) bond motifs is 1. The molecule has 0 unspecified atom stereocenters. The Kier molecular flexibility index (Phi) is 4.59. The van der Waals surface area contributed by atoms with E-state index in [2.05, 4.69) is 4.98 Å². The number of aryl methyl sites for hydroxylation is 1. The molecule has 2 aromatic rings. The lowest BCUT2D eigenvalue weighted by Crippen LogP contribution is -2.09. The van der Waals surface area contributed by atoms with Gasteiger partial charge in [0.25, 0.3) is 0 Å². The molecule has 1 aliphatic heterocycles. The maximum atomic E-state index is 12.2. The summed E-state index contributed by atoms with van der Waals surface area (Å²) < 4.78 is 10.9. The average molecular weight is 318 g/mol. The van der Waals surface area contributed by atoms with Gasteiger partial charge in [-0.2, -0.15) is 0 Å². The fourth-order valence-corrected chi connectivity index (χ4v) is 2.73. The number of hydrogen-bond donors (Lipinski definition) is 0. The number of esters is 1. The molecule has 114 valence electrons. The summed E-state index contributed by atoms with van der Waals surface area (Å²) in [6.45, 7) is 0.945. The number of pyridine rings is 1. The first-order chi connectivity index (χ1) is 10.7. The first kappa shape index (κ1) is 14.9. The summed E-state index contributed by atoms with van der Waals surface area (Å²) in [4.78, 5) is 16.2. The second kappa shape index (κ2) is 6.79. The van der Waals surface area contributed by atoms with Crippen LogP contribution in [0.1, 0.15) is 27.9 Å². The smallest absolute Gasteiger partial charge is 0.341 e. The van der Waals surface area contributed by atoms with Crippen LogP contribution in [0.4, 0.5) is 0 Å². The predicted octanol–water partition coefficient (Wildman–Crippen LogP) is 3.46. The number of aromatic nitrogens is 1. The van der Waals surface area contributed by atoms with E-state index >= 15 is 0 Å². The molecule has 0 radical (unpaired) electrons. The van der Waals surface area contributed by atoms with Gasteiger partial charge in [-0.3, -0.25) is 4.98 Å². The van der Waals surface area contributed by atoms with Crippen molar-refractivity contribution in [2.24, 2.45) is 0 Å². The van der Waals surface area contributed by atoms with Crippen molar-refractivity contribution in [2.45, 2.75) is 19.3 Å². The standard InChI is InChI=1S/C17H16ClNO3/c18-14-10-13-5-9-21-16(13)15(11-14)17(20)22-8-1-2-12-3-6-19-7-4-12/h3-4,6-7,10-11H,1-2,5,8-9H2. The van der Waals surface area contributed by atoms with Gasteiger partial charge in [-0.25, -0.2) is 4.79 Å². The molecule has 1 aromatic carbocycles. The fraction of sp³-hybridized carbons (Fsp3) is 0.294. The van der Waals surface area contributed by atoms with Gasteiger partial charge in [0.15, 0.2) is 0 Å². The van der Waals surface area contributed by atoms with Crippen LogP contribution in [0.2, 0.25) is 5.02 Å². The van der Waals surface area contributed by atoms with E-state index in [0.29, 0.717) is 29.5 Å². The molecule has 0 atom stereocenters. The quantitative estimate of drug-likeness (QED) is 0.626. The van der Waals surface area contributed by atoms with Crippen LogP contribution < -0.4 is 4.74 Å². The topological polar surface area (TPSA) is 48.4 Å².